The minimum Gasteiger partial charge on any atom is -0.480 e. The highest BCUT2D eigenvalue weighted by Gasteiger charge is 2.18. The zero-order valence-electron chi connectivity index (χ0n) is 7.17. The largest absolute Gasteiger partial charge is 0.480 e. The molecule has 78 valence electrons. The lowest BCUT2D eigenvalue weighted by molar-refractivity contribution is -0.149. The van der Waals surface area contributed by atoms with Gasteiger partial charge in [0.05, 0.1) is 6.42 Å². The lowest BCUT2D eigenvalue weighted by Gasteiger charge is -2.16. The molecule has 0 heterocycles. The van der Waals surface area contributed by atoms with E-state index in [-0.39, 0.29) is 0 Å². The second-order valence-electron chi connectivity index (χ2n) is 2.41. The number of aldehydes is 1. The molecule has 0 aromatic heterocycles. The van der Waals surface area contributed by atoms with Crippen molar-refractivity contribution in [2.75, 3.05) is 13.1 Å². The summed E-state index contributed by atoms with van der Waals surface area (Å²) in [4.78, 5) is 42.0. The van der Waals surface area contributed by atoms with E-state index in [4.69, 9.17) is 10.2 Å². The van der Waals surface area contributed by atoms with Crippen LogP contribution in [0.1, 0.15) is 6.42 Å². The van der Waals surface area contributed by atoms with Crippen LogP contribution in [-0.2, 0) is 19.2 Å². The number of carboxylic acids is 2. The van der Waals surface area contributed by atoms with Crippen molar-refractivity contribution in [3.8, 4) is 0 Å². The van der Waals surface area contributed by atoms with Crippen molar-refractivity contribution >= 4 is 24.1 Å². The molecule has 0 radical (unpaired) electrons. The predicted octanol–water partition coefficient (Wildman–Crippen LogP) is -1.43. The van der Waals surface area contributed by atoms with E-state index in [1.54, 1.807) is 0 Å². The van der Waals surface area contributed by atoms with Crippen LogP contribution < -0.4 is 0 Å². The van der Waals surface area contributed by atoms with Crippen LogP contribution in [0.25, 0.3) is 0 Å². The summed E-state index contributed by atoms with van der Waals surface area (Å²) in [5.74, 6) is -3.47. The zero-order valence-corrected chi connectivity index (χ0v) is 7.17. The van der Waals surface area contributed by atoms with Crippen molar-refractivity contribution in [2.45, 2.75) is 6.42 Å². The summed E-state index contributed by atoms with van der Waals surface area (Å²) in [7, 11) is 0. The maximum absolute atomic E-state index is 11.0. The van der Waals surface area contributed by atoms with Gasteiger partial charge in [-0.1, -0.05) is 0 Å². The SMILES string of the molecule is O=CCC(=O)N(CC(=O)O)CC(=O)O. The second kappa shape index (κ2) is 5.68. The molecule has 0 aliphatic rings. The van der Waals surface area contributed by atoms with Crippen LogP contribution in [0.5, 0.6) is 0 Å². The van der Waals surface area contributed by atoms with E-state index in [2.05, 4.69) is 0 Å². The fraction of sp³-hybridized carbons (Fsp3) is 0.429. The number of hydrogen-bond donors (Lipinski definition) is 2. The van der Waals surface area contributed by atoms with Crippen LogP contribution in [-0.4, -0.2) is 52.3 Å². The minimum absolute atomic E-state index is 0.291. The highest BCUT2D eigenvalue weighted by atomic mass is 16.4. The molecule has 14 heavy (non-hydrogen) atoms. The van der Waals surface area contributed by atoms with Gasteiger partial charge in [-0.15, -0.1) is 0 Å². The molecule has 2 N–H and O–H groups in total. The number of carbonyl (C=O) groups is 4. The summed E-state index contributed by atoms with van der Waals surface area (Å²) in [6, 6.07) is 0. The van der Waals surface area contributed by atoms with Gasteiger partial charge in [0.25, 0.3) is 0 Å². The Hall–Kier alpha value is -1.92. The normalized spacial score (nSPS) is 9.14. The van der Waals surface area contributed by atoms with Crippen molar-refractivity contribution in [1.82, 2.24) is 4.90 Å². The highest BCUT2D eigenvalue weighted by Crippen LogP contribution is 1.92. The molecule has 0 atom stereocenters. The molecule has 0 saturated heterocycles. The molecule has 7 nitrogen and oxygen atoms in total. The van der Waals surface area contributed by atoms with E-state index >= 15 is 0 Å². The van der Waals surface area contributed by atoms with Crippen LogP contribution in [0.3, 0.4) is 0 Å². The number of nitrogens with zero attached hydrogens (tertiary/aromatic N) is 1. The van der Waals surface area contributed by atoms with Crippen LogP contribution in [0.2, 0.25) is 0 Å². The van der Waals surface area contributed by atoms with Gasteiger partial charge in [-0.3, -0.25) is 14.4 Å². The molecule has 0 saturated carbocycles. The number of carbonyl (C=O) groups excluding carboxylic acids is 2. The van der Waals surface area contributed by atoms with Gasteiger partial charge in [0.15, 0.2) is 0 Å². The molecule has 1 amide bonds. The van der Waals surface area contributed by atoms with E-state index in [0.29, 0.717) is 11.2 Å². The van der Waals surface area contributed by atoms with E-state index in [9.17, 15) is 19.2 Å². The summed E-state index contributed by atoms with van der Waals surface area (Å²) >= 11 is 0. The van der Waals surface area contributed by atoms with E-state index < -0.39 is 37.4 Å². The molecule has 0 fully saturated rings. The molecule has 0 aliphatic heterocycles. The Morgan fingerprint density at radius 2 is 1.50 bits per heavy atom. The molecule has 7 heteroatoms. The zero-order chi connectivity index (χ0) is 11.1. The lowest BCUT2D eigenvalue weighted by Crippen LogP contribution is -2.39. The Labute approximate surface area is 78.9 Å². The van der Waals surface area contributed by atoms with Gasteiger partial charge >= 0.3 is 11.9 Å². The fourth-order valence-corrected chi connectivity index (χ4v) is 0.759. The first-order valence-electron chi connectivity index (χ1n) is 3.62. The summed E-state index contributed by atoms with van der Waals surface area (Å²) in [5.41, 5.74) is 0. The summed E-state index contributed by atoms with van der Waals surface area (Å²) in [6.45, 7) is -1.45. The topological polar surface area (TPSA) is 112 Å². The predicted molar refractivity (Wildman–Crippen MR) is 42.5 cm³/mol. The first kappa shape index (κ1) is 12.1. The van der Waals surface area contributed by atoms with Gasteiger partial charge in [-0.2, -0.15) is 0 Å². The van der Waals surface area contributed by atoms with Crippen molar-refractivity contribution in [1.29, 1.82) is 0 Å². The van der Waals surface area contributed by atoms with Gasteiger partial charge < -0.3 is 19.9 Å². The summed E-state index contributed by atoms with van der Waals surface area (Å²) < 4.78 is 0. The molecule has 0 unspecified atom stereocenters. The Balaban J connectivity index is 4.36. The minimum atomic E-state index is -1.33. The van der Waals surface area contributed by atoms with Crippen LogP contribution in [0.4, 0.5) is 0 Å². The second-order valence-corrected chi connectivity index (χ2v) is 2.41. The molecule has 0 spiro atoms. The highest BCUT2D eigenvalue weighted by molar-refractivity contribution is 5.91. The Bertz CT molecular complexity index is 245. The molecule has 0 aromatic rings. The number of carboxylic acid groups (broad SMARTS) is 2. The van der Waals surface area contributed by atoms with Crippen molar-refractivity contribution in [3.05, 3.63) is 0 Å². The smallest absolute Gasteiger partial charge is 0.323 e. The fourth-order valence-electron chi connectivity index (χ4n) is 0.759. The van der Waals surface area contributed by atoms with Gasteiger partial charge in [0, 0.05) is 0 Å². The van der Waals surface area contributed by atoms with Gasteiger partial charge in [0.1, 0.15) is 19.4 Å². The summed E-state index contributed by atoms with van der Waals surface area (Å²) in [5, 5.41) is 16.7. The maximum atomic E-state index is 11.0. The van der Waals surface area contributed by atoms with E-state index in [1.165, 1.54) is 0 Å². The van der Waals surface area contributed by atoms with Gasteiger partial charge in [0.2, 0.25) is 5.91 Å². The van der Waals surface area contributed by atoms with Crippen molar-refractivity contribution < 1.29 is 29.4 Å². The molecule has 0 rings (SSSR count). The first-order chi connectivity index (χ1) is 6.47. The molecule has 0 aromatic carbocycles. The Morgan fingerprint density at radius 1 is 1.07 bits per heavy atom. The maximum Gasteiger partial charge on any atom is 0.323 e. The first-order valence-corrected chi connectivity index (χ1v) is 3.62. The monoisotopic (exact) mass is 203 g/mol. The third-order valence-corrected chi connectivity index (χ3v) is 1.26. The number of amides is 1. The average molecular weight is 203 g/mol. The third kappa shape index (κ3) is 4.86. The molecular formula is C7H9NO6. The van der Waals surface area contributed by atoms with Crippen LogP contribution in [0.15, 0.2) is 0 Å². The van der Waals surface area contributed by atoms with E-state index in [0.717, 1.165) is 0 Å². The van der Waals surface area contributed by atoms with Crippen LogP contribution in [0, 0.1) is 0 Å². The van der Waals surface area contributed by atoms with E-state index in [1.807, 2.05) is 0 Å². The molecular weight excluding hydrogens is 194 g/mol. The van der Waals surface area contributed by atoms with Gasteiger partial charge in [-0.05, 0) is 0 Å². The number of rotatable bonds is 6. The van der Waals surface area contributed by atoms with Crippen molar-refractivity contribution in [3.63, 3.8) is 0 Å². The molecule has 0 aliphatic carbocycles. The Morgan fingerprint density at radius 3 is 1.79 bits per heavy atom. The number of aliphatic carboxylic acids is 2. The summed E-state index contributed by atoms with van der Waals surface area (Å²) in [6.07, 6.45) is -0.223. The molecule has 0 bridgehead atoms. The van der Waals surface area contributed by atoms with Crippen molar-refractivity contribution in [2.24, 2.45) is 0 Å². The number of hydrogen-bond acceptors (Lipinski definition) is 4. The average Bonchev–Trinajstić information content (AvgIpc) is 2.01. The third-order valence-electron chi connectivity index (χ3n) is 1.26. The lowest BCUT2D eigenvalue weighted by atomic mass is 10.3. The standard InChI is InChI=1S/C7H9NO6/c9-2-1-5(10)8(3-6(11)12)4-7(13)14/h2H,1,3-4H2,(H,11,12)(H,13,14). The van der Waals surface area contributed by atoms with Gasteiger partial charge in [-0.25, -0.2) is 0 Å². The quantitative estimate of drug-likeness (QED) is 0.404. The van der Waals surface area contributed by atoms with Crippen LogP contribution >= 0.6 is 0 Å². The Kier molecular flexibility index (Phi) is 4.90.